The molecule has 0 aliphatic heterocycles. The number of carbonyl (C=O) groups is 2. The topological polar surface area (TPSA) is 73.0 Å². The summed E-state index contributed by atoms with van der Waals surface area (Å²) in [6.07, 6.45) is -0.116. The van der Waals surface area contributed by atoms with Crippen LogP contribution in [-0.4, -0.2) is 16.7 Å². The number of carboxylic acid groups (broad SMARTS) is 1. The molecule has 3 rings (SSSR count). The first-order valence-corrected chi connectivity index (χ1v) is 7.44. The van der Waals surface area contributed by atoms with Gasteiger partial charge in [0.25, 0.3) is 0 Å². The molecule has 0 saturated carbocycles. The molecule has 23 heavy (non-hydrogen) atoms. The standard InChI is InChI=1S/C19H17NO3/c1-12-18(14-9-5-6-10-16(14)20-12)15(19(22)23)11-17(21)13-7-3-2-4-8-13/h2-10,15,20H,11H2,1H3,(H,22,23)/p-1/t15-/m0/s1. The van der Waals surface area contributed by atoms with E-state index in [9.17, 15) is 14.7 Å². The molecule has 0 radical (unpaired) electrons. The number of nitrogens with one attached hydrogen (secondary N) is 1. The van der Waals surface area contributed by atoms with Gasteiger partial charge >= 0.3 is 0 Å². The Morgan fingerprint density at radius 2 is 1.70 bits per heavy atom. The fraction of sp³-hybridized carbons (Fsp3) is 0.158. The highest BCUT2D eigenvalue weighted by atomic mass is 16.4. The van der Waals surface area contributed by atoms with Crippen molar-refractivity contribution in [3.8, 4) is 0 Å². The highest BCUT2D eigenvalue weighted by Gasteiger charge is 2.23. The van der Waals surface area contributed by atoms with E-state index in [4.69, 9.17) is 0 Å². The van der Waals surface area contributed by atoms with Crippen molar-refractivity contribution in [2.45, 2.75) is 19.3 Å². The first-order chi connectivity index (χ1) is 11.1. The van der Waals surface area contributed by atoms with Crippen molar-refractivity contribution in [2.75, 3.05) is 0 Å². The van der Waals surface area contributed by atoms with E-state index in [1.165, 1.54) is 0 Å². The number of ketones is 1. The van der Waals surface area contributed by atoms with Gasteiger partial charge in [0, 0.05) is 40.5 Å². The second-order valence-electron chi connectivity index (χ2n) is 5.57. The van der Waals surface area contributed by atoms with E-state index in [2.05, 4.69) is 4.98 Å². The fourth-order valence-corrected chi connectivity index (χ4v) is 2.98. The molecule has 116 valence electrons. The van der Waals surface area contributed by atoms with Crippen molar-refractivity contribution in [1.29, 1.82) is 0 Å². The fourth-order valence-electron chi connectivity index (χ4n) is 2.98. The van der Waals surface area contributed by atoms with Gasteiger partial charge in [-0.1, -0.05) is 48.5 Å². The molecule has 3 aromatic rings. The van der Waals surface area contributed by atoms with Crippen LogP contribution in [0, 0.1) is 6.92 Å². The second-order valence-corrected chi connectivity index (χ2v) is 5.57. The van der Waals surface area contributed by atoms with Crippen LogP contribution in [0.15, 0.2) is 54.6 Å². The summed E-state index contributed by atoms with van der Waals surface area (Å²) in [7, 11) is 0. The number of carboxylic acids is 1. The molecule has 0 aliphatic rings. The Hall–Kier alpha value is -2.88. The van der Waals surface area contributed by atoms with E-state index in [-0.39, 0.29) is 12.2 Å². The van der Waals surface area contributed by atoms with Gasteiger partial charge in [0.1, 0.15) is 0 Å². The van der Waals surface area contributed by atoms with Crippen molar-refractivity contribution >= 4 is 22.7 Å². The lowest BCUT2D eigenvalue weighted by molar-refractivity contribution is -0.307. The molecular formula is C19H16NO3-. The van der Waals surface area contributed by atoms with E-state index in [1.807, 2.05) is 37.3 Å². The van der Waals surface area contributed by atoms with Crippen LogP contribution in [-0.2, 0) is 4.79 Å². The number of aliphatic carboxylic acids is 1. The van der Waals surface area contributed by atoms with Crippen LogP contribution in [0.4, 0.5) is 0 Å². The Morgan fingerprint density at radius 3 is 2.39 bits per heavy atom. The first kappa shape index (κ1) is 15.0. The summed E-state index contributed by atoms with van der Waals surface area (Å²) in [6, 6.07) is 16.2. The van der Waals surface area contributed by atoms with Crippen LogP contribution >= 0.6 is 0 Å². The third-order valence-electron chi connectivity index (χ3n) is 4.06. The summed E-state index contributed by atoms with van der Waals surface area (Å²) in [5.41, 5.74) is 2.75. The molecule has 0 saturated heterocycles. The van der Waals surface area contributed by atoms with Crippen LogP contribution < -0.4 is 5.11 Å². The summed E-state index contributed by atoms with van der Waals surface area (Å²) in [4.78, 5) is 27.3. The minimum absolute atomic E-state index is 0.116. The number of para-hydroxylation sites is 1. The van der Waals surface area contributed by atoms with Crippen LogP contribution in [0.5, 0.6) is 0 Å². The minimum Gasteiger partial charge on any atom is -0.549 e. The molecule has 0 bridgehead atoms. The number of benzene rings is 2. The summed E-state index contributed by atoms with van der Waals surface area (Å²) in [5.74, 6) is -2.41. The molecule has 0 fully saturated rings. The number of aromatic nitrogens is 1. The molecular weight excluding hydrogens is 290 g/mol. The average molecular weight is 306 g/mol. The van der Waals surface area contributed by atoms with Crippen LogP contribution in [0.2, 0.25) is 0 Å². The molecule has 0 unspecified atom stereocenters. The lowest BCUT2D eigenvalue weighted by atomic mass is 9.89. The maximum atomic E-state index is 12.4. The number of aromatic amines is 1. The smallest absolute Gasteiger partial charge is 0.163 e. The molecule has 0 amide bonds. The highest BCUT2D eigenvalue weighted by molar-refractivity contribution is 6.00. The summed E-state index contributed by atoms with van der Waals surface area (Å²) < 4.78 is 0. The molecule has 0 aliphatic carbocycles. The maximum absolute atomic E-state index is 12.4. The minimum atomic E-state index is -1.23. The number of rotatable bonds is 5. The van der Waals surface area contributed by atoms with Gasteiger partial charge in [0.15, 0.2) is 5.78 Å². The summed E-state index contributed by atoms with van der Waals surface area (Å²) >= 11 is 0. The molecule has 1 atom stereocenters. The third kappa shape index (κ3) is 2.88. The molecule has 1 heterocycles. The van der Waals surface area contributed by atoms with Gasteiger partial charge in [-0.3, -0.25) is 4.79 Å². The van der Waals surface area contributed by atoms with Crippen molar-refractivity contribution < 1.29 is 14.7 Å². The normalized spacial score (nSPS) is 12.2. The van der Waals surface area contributed by atoms with Crippen molar-refractivity contribution in [3.63, 3.8) is 0 Å². The van der Waals surface area contributed by atoms with Crippen LogP contribution in [0.3, 0.4) is 0 Å². The number of H-pyrrole nitrogens is 1. The number of fused-ring (bicyclic) bond motifs is 1. The summed E-state index contributed by atoms with van der Waals surface area (Å²) in [6.45, 7) is 1.82. The molecule has 1 aromatic heterocycles. The van der Waals surface area contributed by atoms with Gasteiger partial charge in [-0.2, -0.15) is 0 Å². The van der Waals surface area contributed by atoms with Crippen LogP contribution in [0.1, 0.15) is 34.0 Å². The number of hydrogen-bond acceptors (Lipinski definition) is 3. The molecule has 4 nitrogen and oxygen atoms in total. The second kappa shape index (κ2) is 6.08. The lowest BCUT2D eigenvalue weighted by Gasteiger charge is -2.18. The van der Waals surface area contributed by atoms with E-state index in [0.29, 0.717) is 11.1 Å². The number of Topliss-reactive ketones (excluding diaryl/α,β-unsaturated/α-hetero) is 1. The zero-order chi connectivity index (χ0) is 16.4. The summed E-state index contributed by atoms with van der Waals surface area (Å²) in [5, 5.41) is 12.5. The molecule has 4 heteroatoms. The first-order valence-electron chi connectivity index (χ1n) is 7.44. The molecule has 1 N–H and O–H groups in total. The van der Waals surface area contributed by atoms with E-state index >= 15 is 0 Å². The quantitative estimate of drug-likeness (QED) is 0.736. The van der Waals surface area contributed by atoms with Gasteiger partial charge < -0.3 is 14.9 Å². The zero-order valence-corrected chi connectivity index (χ0v) is 12.7. The third-order valence-corrected chi connectivity index (χ3v) is 4.06. The SMILES string of the molecule is Cc1[nH]c2ccccc2c1[C@H](CC(=O)c1ccccc1)C(=O)[O-]. The predicted octanol–water partition coefficient (Wildman–Crippen LogP) is 2.58. The zero-order valence-electron chi connectivity index (χ0n) is 12.7. The highest BCUT2D eigenvalue weighted by Crippen LogP contribution is 2.31. The van der Waals surface area contributed by atoms with Crippen LogP contribution in [0.25, 0.3) is 10.9 Å². The lowest BCUT2D eigenvalue weighted by Crippen LogP contribution is -2.31. The van der Waals surface area contributed by atoms with Gasteiger partial charge in [0.05, 0.1) is 0 Å². The molecule has 2 aromatic carbocycles. The van der Waals surface area contributed by atoms with Gasteiger partial charge in [-0.05, 0) is 18.6 Å². The number of carbonyl (C=O) groups excluding carboxylic acids is 2. The van der Waals surface area contributed by atoms with Crippen molar-refractivity contribution in [1.82, 2.24) is 4.98 Å². The average Bonchev–Trinajstić information content (AvgIpc) is 2.88. The Bertz CT molecular complexity index is 865. The van der Waals surface area contributed by atoms with Gasteiger partial charge in [0.2, 0.25) is 0 Å². The largest absolute Gasteiger partial charge is 0.549 e. The number of aryl methyl sites for hydroxylation is 1. The Kier molecular flexibility index (Phi) is 3.98. The monoisotopic (exact) mass is 306 g/mol. The Balaban J connectivity index is 2.00. The Morgan fingerprint density at radius 1 is 1.04 bits per heavy atom. The predicted molar refractivity (Wildman–Crippen MR) is 86.2 cm³/mol. The number of hydrogen-bond donors (Lipinski definition) is 1. The molecule has 0 spiro atoms. The van der Waals surface area contributed by atoms with Crippen molar-refractivity contribution in [2.24, 2.45) is 0 Å². The van der Waals surface area contributed by atoms with Gasteiger partial charge in [-0.15, -0.1) is 0 Å². The Labute approximate surface area is 133 Å². The van der Waals surface area contributed by atoms with Crippen molar-refractivity contribution in [3.05, 3.63) is 71.4 Å². The maximum Gasteiger partial charge on any atom is 0.163 e. The van der Waals surface area contributed by atoms with E-state index in [0.717, 1.165) is 16.6 Å². The van der Waals surface area contributed by atoms with E-state index < -0.39 is 11.9 Å². The van der Waals surface area contributed by atoms with Gasteiger partial charge in [-0.25, -0.2) is 0 Å². The van der Waals surface area contributed by atoms with E-state index in [1.54, 1.807) is 24.3 Å².